The molecule has 0 radical (unpaired) electrons. The lowest BCUT2D eigenvalue weighted by molar-refractivity contribution is 0.0296. The maximum absolute atomic E-state index is 5.48. The molecule has 1 aliphatic carbocycles. The quantitative estimate of drug-likeness (QED) is 0.905. The molecular formula is C17H28N4O. The number of aromatic nitrogens is 2. The molecule has 22 heavy (non-hydrogen) atoms. The Morgan fingerprint density at radius 3 is 2.68 bits per heavy atom. The topological polar surface area (TPSA) is 50.3 Å². The molecule has 1 saturated carbocycles. The second-order valence-corrected chi connectivity index (χ2v) is 6.65. The highest BCUT2D eigenvalue weighted by atomic mass is 16.5. The molecule has 1 aromatic heterocycles. The van der Waals surface area contributed by atoms with Crippen LogP contribution in [0.3, 0.4) is 0 Å². The lowest BCUT2D eigenvalue weighted by Gasteiger charge is -2.38. The average molecular weight is 304 g/mol. The molecule has 0 bridgehead atoms. The van der Waals surface area contributed by atoms with Crippen LogP contribution >= 0.6 is 0 Å². The third-order valence-corrected chi connectivity index (χ3v) is 4.94. The molecular weight excluding hydrogens is 276 g/mol. The summed E-state index contributed by atoms with van der Waals surface area (Å²) in [6.07, 6.45) is 8.02. The molecule has 1 saturated heterocycles. The van der Waals surface area contributed by atoms with E-state index in [1.807, 2.05) is 13.1 Å². The number of anilines is 1. The molecule has 3 rings (SSSR count). The lowest BCUT2D eigenvalue weighted by Crippen LogP contribution is -2.50. The van der Waals surface area contributed by atoms with Crippen molar-refractivity contribution in [1.82, 2.24) is 14.9 Å². The predicted molar refractivity (Wildman–Crippen MR) is 88.2 cm³/mol. The predicted octanol–water partition coefficient (Wildman–Crippen LogP) is 2.40. The Bertz CT molecular complexity index is 493. The van der Waals surface area contributed by atoms with Crippen LogP contribution in [0.1, 0.15) is 44.0 Å². The number of hydrogen-bond donors (Lipinski definition) is 1. The van der Waals surface area contributed by atoms with Crippen LogP contribution < -0.4 is 5.32 Å². The first-order valence-electron chi connectivity index (χ1n) is 8.62. The summed E-state index contributed by atoms with van der Waals surface area (Å²) in [6.45, 7) is 9.06. The van der Waals surface area contributed by atoms with Gasteiger partial charge in [-0.05, 0) is 26.2 Å². The van der Waals surface area contributed by atoms with E-state index in [2.05, 4.69) is 27.1 Å². The van der Waals surface area contributed by atoms with Crippen molar-refractivity contribution >= 4 is 5.82 Å². The van der Waals surface area contributed by atoms with E-state index < -0.39 is 0 Å². The number of rotatable bonds is 5. The van der Waals surface area contributed by atoms with Gasteiger partial charge in [-0.25, -0.2) is 9.97 Å². The van der Waals surface area contributed by atoms with Crippen molar-refractivity contribution in [2.75, 3.05) is 38.2 Å². The Morgan fingerprint density at radius 2 is 2.00 bits per heavy atom. The summed E-state index contributed by atoms with van der Waals surface area (Å²) in [4.78, 5) is 11.6. The molecule has 0 spiro atoms. The Morgan fingerprint density at radius 1 is 1.27 bits per heavy atom. The van der Waals surface area contributed by atoms with Gasteiger partial charge in [0.2, 0.25) is 0 Å². The normalized spacial score (nSPS) is 21.9. The van der Waals surface area contributed by atoms with Crippen molar-refractivity contribution < 1.29 is 4.74 Å². The molecule has 122 valence electrons. The molecule has 5 heteroatoms. The van der Waals surface area contributed by atoms with Crippen molar-refractivity contribution in [2.24, 2.45) is 0 Å². The Hall–Kier alpha value is -1.20. The van der Waals surface area contributed by atoms with E-state index in [1.54, 1.807) is 0 Å². The summed E-state index contributed by atoms with van der Waals surface area (Å²) in [7, 11) is 0. The van der Waals surface area contributed by atoms with Gasteiger partial charge >= 0.3 is 0 Å². The van der Waals surface area contributed by atoms with Gasteiger partial charge in [-0.1, -0.05) is 19.8 Å². The number of aryl methyl sites for hydroxylation is 2. The van der Waals surface area contributed by atoms with Crippen LogP contribution in [0.4, 0.5) is 5.82 Å². The molecule has 0 aromatic carbocycles. The second-order valence-electron chi connectivity index (χ2n) is 6.65. The SMILES string of the molecule is CCc1cnc(C)nc1NC1(CN2CCOCC2)CCCC1. The van der Waals surface area contributed by atoms with E-state index in [4.69, 9.17) is 4.74 Å². The van der Waals surface area contributed by atoms with Crippen LogP contribution in [0.2, 0.25) is 0 Å². The van der Waals surface area contributed by atoms with E-state index in [0.717, 1.165) is 50.9 Å². The fourth-order valence-electron chi connectivity index (χ4n) is 3.67. The highest BCUT2D eigenvalue weighted by Gasteiger charge is 2.36. The lowest BCUT2D eigenvalue weighted by atomic mass is 9.95. The number of ether oxygens (including phenoxy) is 1. The molecule has 2 heterocycles. The highest BCUT2D eigenvalue weighted by molar-refractivity contribution is 5.46. The third kappa shape index (κ3) is 3.58. The molecule has 0 unspecified atom stereocenters. The minimum atomic E-state index is 0.169. The first-order valence-corrected chi connectivity index (χ1v) is 8.62. The van der Waals surface area contributed by atoms with E-state index >= 15 is 0 Å². The van der Waals surface area contributed by atoms with Crippen molar-refractivity contribution in [3.05, 3.63) is 17.6 Å². The van der Waals surface area contributed by atoms with E-state index in [9.17, 15) is 0 Å². The number of nitrogens with zero attached hydrogens (tertiary/aromatic N) is 3. The number of nitrogens with one attached hydrogen (secondary N) is 1. The fraction of sp³-hybridized carbons (Fsp3) is 0.765. The van der Waals surface area contributed by atoms with Gasteiger partial charge in [-0.15, -0.1) is 0 Å². The van der Waals surface area contributed by atoms with Gasteiger partial charge in [0.15, 0.2) is 0 Å². The Balaban J connectivity index is 1.77. The molecule has 1 N–H and O–H groups in total. The monoisotopic (exact) mass is 304 g/mol. The molecule has 1 aliphatic heterocycles. The first kappa shape index (κ1) is 15.7. The summed E-state index contributed by atoms with van der Waals surface area (Å²) in [5.41, 5.74) is 1.39. The maximum Gasteiger partial charge on any atom is 0.133 e. The zero-order chi connectivity index (χ0) is 15.4. The van der Waals surface area contributed by atoms with Crippen LogP contribution in [-0.2, 0) is 11.2 Å². The summed E-state index contributed by atoms with van der Waals surface area (Å²) in [5.74, 6) is 1.89. The smallest absolute Gasteiger partial charge is 0.133 e. The summed E-state index contributed by atoms with van der Waals surface area (Å²) >= 11 is 0. The van der Waals surface area contributed by atoms with Gasteiger partial charge in [0.05, 0.1) is 18.8 Å². The molecule has 1 aromatic rings. The van der Waals surface area contributed by atoms with Crippen molar-refractivity contribution in [3.8, 4) is 0 Å². The van der Waals surface area contributed by atoms with Gasteiger partial charge in [0, 0.05) is 31.4 Å². The zero-order valence-electron chi connectivity index (χ0n) is 13.9. The summed E-state index contributed by atoms with van der Waals surface area (Å²) in [5, 5.41) is 3.83. The Labute approximate surface area is 133 Å². The van der Waals surface area contributed by atoms with Crippen LogP contribution in [0.25, 0.3) is 0 Å². The van der Waals surface area contributed by atoms with E-state index in [1.165, 1.54) is 31.2 Å². The third-order valence-electron chi connectivity index (χ3n) is 4.94. The highest BCUT2D eigenvalue weighted by Crippen LogP contribution is 2.34. The number of morpholine rings is 1. The van der Waals surface area contributed by atoms with Gasteiger partial charge in [-0.3, -0.25) is 4.90 Å². The fourth-order valence-corrected chi connectivity index (χ4v) is 3.67. The average Bonchev–Trinajstić information content (AvgIpc) is 2.97. The van der Waals surface area contributed by atoms with Crippen LogP contribution in [0.5, 0.6) is 0 Å². The maximum atomic E-state index is 5.48. The number of hydrogen-bond acceptors (Lipinski definition) is 5. The van der Waals surface area contributed by atoms with Crippen molar-refractivity contribution in [3.63, 3.8) is 0 Å². The van der Waals surface area contributed by atoms with E-state index in [-0.39, 0.29) is 5.54 Å². The van der Waals surface area contributed by atoms with Crippen molar-refractivity contribution in [1.29, 1.82) is 0 Å². The standard InChI is InChI=1S/C17H28N4O/c1-3-15-12-18-14(2)19-16(15)20-17(6-4-5-7-17)13-21-8-10-22-11-9-21/h12H,3-11,13H2,1-2H3,(H,18,19,20). The molecule has 5 nitrogen and oxygen atoms in total. The van der Waals surface area contributed by atoms with E-state index in [0.29, 0.717) is 0 Å². The van der Waals surface area contributed by atoms with Crippen molar-refractivity contribution in [2.45, 2.75) is 51.5 Å². The van der Waals surface area contributed by atoms with Gasteiger partial charge in [-0.2, -0.15) is 0 Å². The van der Waals surface area contributed by atoms with Crippen LogP contribution in [0.15, 0.2) is 6.20 Å². The first-order chi connectivity index (χ1) is 10.7. The van der Waals surface area contributed by atoms with Gasteiger partial charge in [0.1, 0.15) is 11.6 Å². The zero-order valence-corrected chi connectivity index (χ0v) is 13.9. The summed E-state index contributed by atoms with van der Waals surface area (Å²) in [6, 6.07) is 0. The van der Waals surface area contributed by atoms with Gasteiger partial charge in [0.25, 0.3) is 0 Å². The largest absolute Gasteiger partial charge is 0.379 e. The molecule has 0 atom stereocenters. The Kier molecular flexibility index (Phi) is 4.93. The molecule has 0 amide bonds. The minimum absolute atomic E-state index is 0.169. The van der Waals surface area contributed by atoms with Crippen LogP contribution in [0, 0.1) is 6.92 Å². The second kappa shape index (κ2) is 6.92. The van der Waals surface area contributed by atoms with Gasteiger partial charge < -0.3 is 10.1 Å². The molecule has 2 fully saturated rings. The minimum Gasteiger partial charge on any atom is -0.379 e. The molecule has 2 aliphatic rings. The van der Waals surface area contributed by atoms with Crippen LogP contribution in [-0.4, -0.2) is 53.3 Å². The summed E-state index contributed by atoms with van der Waals surface area (Å²) < 4.78 is 5.48.